The number of primary amides is 1. The average Bonchev–Trinajstić information content (AvgIpc) is 2.81. The van der Waals surface area contributed by atoms with Crippen LogP contribution in [0, 0.1) is 0 Å². The van der Waals surface area contributed by atoms with Gasteiger partial charge in [0.15, 0.2) is 6.10 Å². The lowest BCUT2D eigenvalue weighted by Gasteiger charge is -2.39. The summed E-state index contributed by atoms with van der Waals surface area (Å²) in [5.41, 5.74) is 5.99. The Balaban J connectivity index is 1.80. The minimum atomic E-state index is -0.777. The number of fused-ring (bicyclic) bond motifs is 2. The second-order valence-electron chi connectivity index (χ2n) is 7.59. The van der Waals surface area contributed by atoms with Gasteiger partial charge in [-0.15, -0.1) is 0 Å². The molecule has 3 rings (SSSR count). The summed E-state index contributed by atoms with van der Waals surface area (Å²) in [5.74, 6) is -0.519. The Labute approximate surface area is 152 Å². The van der Waals surface area contributed by atoms with E-state index in [0.717, 1.165) is 11.1 Å². The van der Waals surface area contributed by atoms with Gasteiger partial charge in [0.25, 0.3) is 5.91 Å². The number of likely N-dealkylation sites (tertiary alicyclic amines) is 1. The fourth-order valence-corrected chi connectivity index (χ4v) is 3.65. The molecule has 2 amide bonds. The van der Waals surface area contributed by atoms with E-state index in [-0.39, 0.29) is 6.09 Å². The van der Waals surface area contributed by atoms with Gasteiger partial charge >= 0.3 is 6.09 Å². The quantitative estimate of drug-likeness (QED) is 0.827. The first kappa shape index (κ1) is 18.0. The standard InChI is InChI=1S/C18H23ClN2O4/c1-17(2,3)25-16(23)21-8-6-18(7-9-21)13-10-11(19)4-5-12(13)14(24-18)15(20)22/h4-5,10,14H,6-9H2,1-3H3,(H2,20,22). The summed E-state index contributed by atoms with van der Waals surface area (Å²) in [4.78, 5) is 25.7. The number of piperidine rings is 1. The predicted octanol–water partition coefficient (Wildman–Crippen LogP) is 3.12. The first-order chi connectivity index (χ1) is 11.6. The van der Waals surface area contributed by atoms with Crippen molar-refractivity contribution >= 4 is 23.6 Å². The van der Waals surface area contributed by atoms with E-state index in [4.69, 9.17) is 26.8 Å². The Morgan fingerprint density at radius 1 is 1.32 bits per heavy atom. The number of nitrogens with zero attached hydrogens (tertiary/aromatic N) is 1. The molecule has 0 aliphatic carbocycles. The van der Waals surface area contributed by atoms with Crippen LogP contribution in [0.3, 0.4) is 0 Å². The van der Waals surface area contributed by atoms with Crippen LogP contribution in [0.5, 0.6) is 0 Å². The van der Waals surface area contributed by atoms with Crippen molar-refractivity contribution in [1.29, 1.82) is 0 Å². The summed E-state index contributed by atoms with van der Waals surface area (Å²) >= 11 is 6.15. The minimum absolute atomic E-state index is 0.335. The van der Waals surface area contributed by atoms with Crippen LogP contribution in [-0.4, -0.2) is 35.6 Å². The third-order valence-corrected chi connectivity index (χ3v) is 4.85. The zero-order valence-electron chi connectivity index (χ0n) is 14.7. The lowest BCUT2D eigenvalue weighted by atomic mass is 9.83. The van der Waals surface area contributed by atoms with Crippen LogP contribution >= 0.6 is 11.6 Å². The number of nitrogens with two attached hydrogens (primary N) is 1. The molecule has 2 N–H and O–H groups in total. The first-order valence-electron chi connectivity index (χ1n) is 8.36. The highest BCUT2D eigenvalue weighted by Crippen LogP contribution is 2.50. The number of rotatable bonds is 1. The van der Waals surface area contributed by atoms with Crippen molar-refractivity contribution in [3.05, 3.63) is 34.3 Å². The van der Waals surface area contributed by atoms with Gasteiger partial charge in [0.05, 0.1) is 5.60 Å². The van der Waals surface area contributed by atoms with Crippen molar-refractivity contribution in [1.82, 2.24) is 4.90 Å². The molecule has 1 fully saturated rings. The van der Waals surface area contributed by atoms with Crippen molar-refractivity contribution in [2.24, 2.45) is 5.73 Å². The van der Waals surface area contributed by atoms with E-state index in [9.17, 15) is 9.59 Å². The molecule has 1 aromatic carbocycles. The van der Waals surface area contributed by atoms with E-state index in [1.807, 2.05) is 26.8 Å². The Morgan fingerprint density at radius 2 is 1.96 bits per heavy atom. The number of hydrogen-bond donors (Lipinski definition) is 1. The SMILES string of the molecule is CC(C)(C)OC(=O)N1CCC2(CC1)OC(C(N)=O)c1ccc(Cl)cc12. The van der Waals surface area contributed by atoms with Crippen LogP contribution in [0.1, 0.15) is 50.8 Å². The lowest BCUT2D eigenvalue weighted by Crippen LogP contribution is -2.47. The Kier molecular flexibility index (Phi) is 4.45. The van der Waals surface area contributed by atoms with Crippen LogP contribution < -0.4 is 5.73 Å². The van der Waals surface area contributed by atoms with Crippen LogP contribution in [-0.2, 0) is 19.9 Å². The number of halogens is 1. The molecule has 1 atom stereocenters. The van der Waals surface area contributed by atoms with Crippen molar-refractivity contribution in [2.75, 3.05) is 13.1 Å². The largest absolute Gasteiger partial charge is 0.444 e. The Bertz CT molecular complexity index is 706. The topological polar surface area (TPSA) is 81.9 Å². The molecule has 0 radical (unpaired) electrons. The third kappa shape index (κ3) is 3.46. The molecule has 0 saturated carbocycles. The highest BCUT2D eigenvalue weighted by atomic mass is 35.5. The van der Waals surface area contributed by atoms with Gasteiger partial charge in [0, 0.05) is 18.1 Å². The highest BCUT2D eigenvalue weighted by Gasteiger charge is 2.49. The smallest absolute Gasteiger partial charge is 0.410 e. The zero-order chi connectivity index (χ0) is 18.4. The second-order valence-corrected chi connectivity index (χ2v) is 8.03. The van der Waals surface area contributed by atoms with Gasteiger partial charge in [-0.3, -0.25) is 4.79 Å². The molecule has 1 aromatic rings. The predicted molar refractivity (Wildman–Crippen MR) is 93.2 cm³/mol. The molecule has 0 aromatic heterocycles. The van der Waals surface area contributed by atoms with E-state index < -0.39 is 23.2 Å². The molecule has 0 bridgehead atoms. The molecule has 1 saturated heterocycles. The molecule has 6 nitrogen and oxygen atoms in total. The Hall–Kier alpha value is -1.79. The molecule has 1 spiro atoms. The average molecular weight is 367 g/mol. The molecule has 136 valence electrons. The molecular weight excluding hydrogens is 344 g/mol. The molecule has 7 heteroatoms. The summed E-state index contributed by atoms with van der Waals surface area (Å²) < 4.78 is 11.5. The summed E-state index contributed by atoms with van der Waals surface area (Å²) in [7, 11) is 0. The zero-order valence-corrected chi connectivity index (χ0v) is 15.4. The summed E-state index contributed by atoms with van der Waals surface area (Å²) in [6.45, 7) is 6.48. The molecular formula is C18H23ClN2O4. The van der Waals surface area contributed by atoms with E-state index in [1.165, 1.54) is 0 Å². The highest BCUT2D eigenvalue weighted by molar-refractivity contribution is 6.30. The van der Waals surface area contributed by atoms with Crippen molar-refractivity contribution < 1.29 is 19.1 Å². The number of hydrogen-bond acceptors (Lipinski definition) is 4. The minimum Gasteiger partial charge on any atom is -0.444 e. The fourth-order valence-electron chi connectivity index (χ4n) is 3.48. The second kappa shape index (κ2) is 6.18. The maximum atomic E-state index is 12.3. The van der Waals surface area contributed by atoms with Gasteiger partial charge in [-0.1, -0.05) is 17.7 Å². The lowest BCUT2D eigenvalue weighted by molar-refractivity contribution is -0.147. The van der Waals surface area contributed by atoms with Gasteiger partial charge in [-0.25, -0.2) is 4.79 Å². The van der Waals surface area contributed by atoms with Crippen LogP contribution in [0.15, 0.2) is 18.2 Å². The number of carbonyl (C=O) groups excluding carboxylic acids is 2. The van der Waals surface area contributed by atoms with Crippen molar-refractivity contribution in [3.63, 3.8) is 0 Å². The normalized spacial score (nSPS) is 21.9. The van der Waals surface area contributed by atoms with Crippen molar-refractivity contribution in [2.45, 2.75) is 50.9 Å². The van der Waals surface area contributed by atoms with Gasteiger partial charge in [-0.05, 0) is 56.9 Å². The van der Waals surface area contributed by atoms with Crippen LogP contribution in [0.4, 0.5) is 4.79 Å². The van der Waals surface area contributed by atoms with Crippen LogP contribution in [0.2, 0.25) is 5.02 Å². The van der Waals surface area contributed by atoms with Crippen LogP contribution in [0.25, 0.3) is 0 Å². The van der Waals surface area contributed by atoms with Gasteiger partial charge in [0.1, 0.15) is 5.60 Å². The van der Waals surface area contributed by atoms with E-state index in [0.29, 0.717) is 31.0 Å². The molecule has 2 aliphatic rings. The van der Waals surface area contributed by atoms with Crippen molar-refractivity contribution in [3.8, 4) is 0 Å². The number of carbonyl (C=O) groups is 2. The number of ether oxygens (including phenoxy) is 2. The Morgan fingerprint density at radius 3 is 2.52 bits per heavy atom. The fraction of sp³-hybridized carbons (Fsp3) is 0.556. The van der Waals surface area contributed by atoms with Gasteiger partial charge < -0.3 is 20.1 Å². The van der Waals surface area contributed by atoms with E-state index in [2.05, 4.69) is 0 Å². The van der Waals surface area contributed by atoms with Gasteiger partial charge in [0.2, 0.25) is 0 Å². The number of benzene rings is 1. The third-order valence-electron chi connectivity index (χ3n) is 4.61. The molecule has 2 aliphatic heterocycles. The van der Waals surface area contributed by atoms with Gasteiger partial charge in [-0.2, -0.15) is 0 Å². The summed E-state index contributed by atoms with van der Waals surface area (Å²) in [5, 5.41) is 0.585. The summed E-state index contributed by atoms with van der Waals surface area (Å²) in [6, 6.07) is 5.36. The maximum Gasteiger partial charge on any atom is 0.410 e. The maximum absolute atomic E-state index is 12.3. The van der Waals surface area contributed by atoms with E-state index >= 15 is 0 Å². The molecule has 1 unspecified atom stereocenters. The van der Waals surface area contributed by atoms with E-state index in [1.54, 1.807) is 17.0 Å². The molecule has 2 heterocycles. The monoisotopic (exact) mass is 366 g/mol. The number of amides is 2. The summed E-state index contributed by atoms with van der Waals surface area (Å²) in [6.07, 6.45) is 0.00525. The first-order valence-corrected chi connectivity index (χ1v) is 8.74. The molecule has 25 heavy (non-hydrogen) atoms.